The van der Waals surface area contributed by atoms with Crippen molar-refractivity contribution in [2.45, 2.75) is 6.18 Å². The third-order valence-corrected chi connectivity index (χ3v) is 1.60. The molecule has 1 aliphatic rings. The number of Topliss-reactive ketones (excluding diaryl/α,β-unsaturated/α-hetero) is 1. The minimum Gasteiger partial charge on any atom is -0.392 e. The summed E-state index contributed by atoms with van der Waals surface area (Å²) in [5.74, 6) is -0.794. The Balaban J connectivity index is 3.15. The molecule has 0 fully saturated rings. The first-order valence-electron chi connectivity index (χ1n) is 3.43. The van der Waals surface area contributed by atoms with Gasteiger partial charge in [0.25, 0.3) is 0 Å². The molecule has 13 heavy (non-hydrogen) atoms. The van der Waals surface area contributed by atoms with E-state index in [2.05, 4.69) is 0 Å². The zero-order chi connectivity index (χ0) is 10.1. The van der Waals surface area contributed by atoms with Crippen LogP contribution in [0.25, 0.3) is 0 Å². The highest BCUT2D eigenvalue weighted by Gasteiger charge is 2.37. The maximum atomic E-state index is 12.2. The summed E-state index contributed by atoms with van der Waals surface area (Å²) in [7, 11) is 0. The maximum absolute atomic E-state index is 12.2. The Hall–Kier alpha value is -1.10. The third-order valence-electron chi connectivity index (χ3n) is 1.60. The van der Waals surface area contributed by atoms with E-state index in [1.54, 1.807) is 0 Å². The van der Waals surface area contributed by atoms with Gasteiger partial charge in [0, 0.05) is 5.57 Å². The van der Waals surface area contributed by atoms with E-state index in [0.717, 1.165) is 18.6 Å². The molecule has 0 aliphatic heterocycles. The van der Waals surface area contributed by atoms with Gasteiger partial charge in [0.1, 0.15) is 0 Å². The molecule has 1 rings (SSSR count). The van der Waals surface area contributed by atoms with Gasteiger partial charge in [-0.05, 0) is 0 Å². The van der Waals surface area contributed by atoms with Crippen LogP contribution in [0.1, 0.15) is 0 Å². The lowest BCUT2D eigenvalue weighted by atomic mass is 9.96. The lowest BCUT2D eigenvalue weighted by Gasteiger charge is -2.15. The summed E-state index contributed by atoms with van der Waals surface area (Å²) in [5, 5.41) is 8.56. The van der Waals surface area contributed by atoms with Crippen molar-refractivity contribution in [1.29, 1.82) is 0 Å². The van der Waals surface area contributed by atoms with Crippen molar-refractivity contribution in [2.75, 3.05) is 6.61 Å². The number of halogens is 3. The predicted molar refractivity (Wildman–Crippen MR) is 38.6 cm³/mol. The number of aliphatic hydroxyl groups is 1. The van der Waals surface area contributed by atoms with Crippen molar-refractivity contribution in [1.82, 2.24) is 0 Å². The molecule has 71 valence electrons. The van der Waals surface area contributed by atoms with Crippen LogP contribution in [0.4, 0.5) is 13.2 Å². The number of carbonyl (C=O) groups is 1. The SMILES string of the molecule is O=C1[CH]C=CC(C(F)(F)F)=C1CO. The van der Waals surface area contributed by atoms with Crippen LogP contribution in [0.3, 0.4) is 0 Å². The molecule has 0 amide bonds. The topological polar surface area (TPSA) is 37.3 Å². The highest BCUT2D eigenvalue weighted by Crippen LogP contribution is 2.31. The quantitative estimate of drug-likeness (QED) is 0.675. The van der Waals surface area contributed by atoms with Crippen LogP contribution in [0.2, 0.25) is 0 Å². The fraction of sp³-hybridized carbons (Fsp3) is 0.250. The second kappa shape index (κ2) is 3.33. The van der Waals surface area contributed by atoms with Crippen LogP contribution >= 0.6 is 0 Å². The fourth-order valence-electron chi connectivity index (χ4n) is 0.994. The average molecular weight is 191 g/mol. The molecule has 0 aromatic heterocycles. The van der Waals surface area contributed by atoms with Gasteiger partial charge in [-0.2, -0.15) is 13.2 Å². The zero-order valence-electron chi connectivity index (χ0n) is 6.43. The largest absolute Gasteiger partial charge is 0.416 e. The van der Waals surface area contributed by atoms with E-state index in [4.69, 9.17) is 5.11 Å². The van der Waals surface area contributed by atoms with Crippen LogP contribution in [-0.4, -0.2) is 23.7 Å². The van der Waals surface area contributed by atoms with Gasteiger partial charge in [0.15, 0.2) is 5.78 Å². The highest BCUT2D eigenvalue weighted by molar-refractivity contribution is 6.05. The lowest BCUT2D eigenvalue weighted by Crippen LogP contribution is -2.21. The van der Waals surface area contributed by atoms with Crippen LogP contribution in [-0.2, 0) is 4.79 Å². The predicted octanol–water partition coefficient (Wildman–Crippen LogP) is 1.18. The van der Waals surface area contributed by atoms with Crippen LogP contribution in [0.5, 0.6) is 0 Å². The molecule has 0 spiro atoms. The molecular weight excluding hydrogens is 185 g/mol. The van der Waals surface area contributed by atoms with Gasteiger partial charge in [-0.15, -0.1) is 0 Å². The second-order valence-electron chi connectivity index (χ2n) is 2.44. The molecule has 0 unspecified atom stereocenters. The van der Waals surface area contributed by atoms with Gasteiger partial charge in [0.05, 0.1) is 18.6 Å². The number of aliphatic hydroxyl groups excluding tert-OH is 1. The highest BCUT2D eigenvalue weighted by atomic mass is 19.4. The molecule has 0 aromatic carbocycles. The van der Waals surface area contributed by atoms with E-state index >= 15 is 0 Å². The van der Waals surface area contributed by atoms with Gasteiger partial charge in [-0.1, -0.05) is 12.2 Å². The average Bonchev–Trinajstić information content (AvgIpc) is 2.02. The molecule has 0 heterocycles. The standard InChI is InChI=1S/C8H6F3O2/c9-8(10,11)6-2-1-3-7(13)5(6)4-12/h1-3,12H,4H2. The first-order chi connectivity index (χ1) is 5.96. The molecule has 0 aromatic rings. The van der Waals surface area contributed by atoms with Gasteiger partial charge < -0.3 is 5.11 Å². The molecule has 1 aliphatic carbocycles. The van der Waals surface area contributed by atoms with E-state index in [9.17, 15) is 18.0 Å². The molecule has 0 bridgehead atoms. The van der Waals surface area contributed by atoms with Crippen molar-refractivity contribution in [3.05, 3.63) is 29.7 Å². The first kappa shape index (κ1) is 9.98. The number of carbonyl (C=O) groups excluding carboxylic acids is 1. The summed E-state index contributed by atoms with van der Waals surface area (Å²) in [6.45, 7) is -0.894. The fourth-order valence-corrected chi connectivity index (χ4v) is 0.994. The third kappa shape index (κ3) is 1.98. The number of alkyl halides is 3. The number of hydrogen-bond acceptors (Lipinski definition) is 2. The molecule has 0 saturated heterocycles. The Labute approximate surface area is 72.4 Å². The van der Waals surface area contributed by atoms with Crippen LogP contribution in [0.15, 0.2) is 23.3 Å². The van der Waals surface area contributed by atoms with Gasteiger partial charge in [-0.3, -0.25) is 4.79 Å². The smallest absolute Gasteiger partial charge is 0.392 e. The van der Waals surface area contributed by atoms with Crippen molar-refractivity contribution >= 4 is 5.78 Å². The van der Waals surface area contributed by atoms with E-state index in [-0.39, 0.29) is 0 Å². The summed E-state index contributed by atoms with van der Waals surface area (Å²) in [5.41, 5.74) is -1.67. The summed E-state index contributed by atoms with van der Waals surface area (Å²) in [6, 6.07) is 0. The van der Waals surface area contributed by atoms with E-state index in [0.29, 0.717) is 0 Å². The summed E-state index contributed by atoms with van der Waals surface area (Å²) in [4.78, 5) is 10.9. The Morgan fingerprint density at radius 1 is 1.38 bits per heavy atom. The number of allylic oxidation sites excluding steroid dienone is 3. The van der Waals surface area contributed by atoms with Crippen LogP contribution < -0.4 is 0 Å². The van der Waals surface area contributed by atoms with Crippen molar-refractivity contribution in [3.8, 4) is 0 Å². The Bertz CT molecular complexity index is 286. The van der Waals surface area contributed by atoms with Crippen molar-refractivity contribution in [2.24, 2.45) is 0 Å². The minimum absolute atomic E-state index is 0.602. The molecule has 5 heteroatoms. The first-order valence-corrected chi connectivity index (χ1v) is 3.43. The molecule has 1 radical (unpaired) electrons. The van der Waals surface area contributed by atoms with E-state index < -0.39 is 29.7 Å². The Morgan fingerprint density at radius 3 is 2.38 bits per heavy atom. The van der Waals surface area contributed by atoms with Crippen LogP contribution in [0, 0.1) is 6.42 Å². The summed E-state index contributed by atoms with van der Waals surface area (Å²) in [6.07, 6.45) is -1.81. The zero-order valence-corrected chi connectivity index (χ0v) is 6.43. The molecule has 2 nitrogen and oxygen atoms in total. The molecular formula is C8H6F3O2. The van der Waals surface area contributed by atoms with Gasteiger partial charge in [0.2, 0.25) is 0 Å². The summed E-state index contributed by atoms with van der Waals surface area (Å²) < 4.78 is 36.5. The van der Waals surface area contributed by atoms with Gasteiger partial charge in [-0.25, -0.2) is 0 Å². The maximum Gasteiger partial charge on any atom is 0.416 e. The monoisotopic (exact) mass is 191 g/mol. The molecule has 0 atom stereocenters. The Morgan fingerprint density at radius 2 is 2.00 bits per heavy atom. The number of rotatable bonds is 1. The van der Waals surface area contributed by atoms with E-state index in [1.807, 2.05) is 0 Å². The van der Waals surface area contributed by atoms with E-state index in [1.165, 1.54) is 0 Å². The minimum atomic E-state index is -4.58. The number of hydrogen-bond donors (Lipinski definition) is 1. The Kier molecular flexibility index (Phi) is 2.56. The lowest BCUT2D eigenvalue weighted by molar-refractivity contribution is -0.115. The van der Waals surface area contributed by atoms with Gasteiger partial charge >= 0.3 is 6.18 Å². The van der Waals surface area contributed by atoms with Crippen molar-refractivity contribution in [3.63, 3.8) is 0 Å². The summed E-state index contributed by atoms with van der Waals surface area (Å²) >= 11 is 0. The normalized spacial score (nSPS) is 18.3. The molecule has 0 saturated carbocycles. The second-order valence-corrected chi connectivity index (χ2v) is 2.44. The number of ketones is 1. The van der Waals surface area contributed by atoms with Crippen molar-refractivity contribution < 1.29 is 23.1 Å². The molecule has 1 N–H and O–H groups in total.